The highest BCUT2D eigenvalue weighted by Gasteiger charge is 2.19. The van der Waals surface area contributed by atoms with Crippen molar-refractivity contribution in [3.05, 3.63) is 0 Å². The zero-order valence-corrected chi connectivity index (χ0v) is 5.51. The molecular weight excluding hydrogens is 122 g/mol. The molecule has 0 heterocycles. The maximum absolute atomic E-state index is 10.2. The first kappa shape index (κ1) is 8.39. The Hall–Kier alpha value is -0.610. The molecule has 0 aliphatic carbocycles. The number of nitrogens with one attached hydrogen (secondary N) is 1. The van der Waals surface area contributed by atoms with Crippen LogP contribution >= 0.6 is 0 Å². The second-order valence-corrected chi connectivity index (χ2v) is 1.85. The molecule has 0 radical (unpaired) electrons. The molecule has 0 saturated carbocycles. The summed E-state index contributed by atoms with van der Waals surface area (Å²) >= 11 is 0. The molecule has 54 valence electrons. The van der Waals surface area contributed by atoms with Crippen molar-refractivity contribution in [2.45, 2.75) is 26.2 Å². The fourth-order valence-corrected chi connectivity index (χ4v) is 0.370. The van der Waals surface area contributed by atoms with Gasteiger partial charge in [-0.15, -0.1) is 0 Å². The highest BCUT2D eigenvalue weighted by molar-refractivity contribution is 5.73. The molecule has 4 nitrogen and oxygen atoms in total. The molecule has 0 bridgehead atoms. The normalized spacial score (nSPS) is 11.1. The second kappa shape index (κ2) is 2.80. The van der Waals surface area contributed by atoms with Gasteiger partial charge in [-0.05, 0) is 0 Å². The summed E-state index contributed by atoms with van der Waals surface area (Å²) in [5.74, 6) is -2.49. The van der Waals surface area contributed by atoms with Gasteiger partial charge in [-0.2, -0.15) is 0 Å². The van der Waals surface area contributed by atoms with Crippen molar-refractivity contribution in [1.82, 2.24) is 5.32 Å². The van der Waals surface area contributed by atoms with Crippen LogP contribution in [0.15, 0.2) is 0 Å². The highest BCUT2D eigenvalue weighted by atomic mass is 16.5. The molecule has 0 aromatic heterocycles. The Morgan fingerprint density at radius 1 is 1.67 bits per heavy atom. The van der Waals surface area contributed by atoms with Crippen LogP contribution in [-0.4, -0.2) is 22.0 Å². The number of hydrogen-bond acceptors (Lipinski definition) is 3. The fraction of sp³-hybridized carbons (Fsp3) is 0.800. The van der Waals surface area contributed by atoms with E-state index in [-0.39, 0.29) is 6.42 Å². The number of carbonyl (C=O) groups is 1. The standard InChI is InChI=1S/C5H11NO3/c1-3-5(8,9)6-4(2)7/h8-9H,3H2,1-2H3,(H,6,7). The second-order valence-electron chi connectivity index (χ2n) is 1.85. The Kier molecular flexibility index (Phi) is 2.61. The van der Waals surface area contributed by atoms with Gasteiger partial charge in [-0.3, -0.25) is 4.79 Å². The van der Waals surface area contributed by atoms with Gasteiger partial charge in [-0.25, -0.2) is 0 Å². The molecule has 0 unspecified atom stereocenters. The lowest BCUT2D eigenvalue weighted by Gasteiger charge is -2.19. The third-order valence-corrected chi connectivity index (χ3v) is 0.869. The summed E-state index contributed by atoms with van der Waals surface area (Å²) in [5, 5.41) is 19.4. The van der Waals surface area contributed by atoms with Gasteiger partial charge >= 0.3 is 0 Å². The summed E-state index contributed by atoms with van der Waals surface area (Å²) in [6.07, 6.45) is 0.0760. The van der Waals surface area contributed by atoms with E-state index >= 15 is 0 Å². The molecule has 0 atom stereocenters. The molecule has 9 heavy (non-hydrogen) atoms. The van der Waals surface area contributed by atoms with Crippen molar-refractivity contribution in [3.63, 3.8) is 0 Å². The molecule has 0 aliphatic heterocycles. The minimum Gasteiger partial charge on any atom is -0.349 e. The van der Waals surface area contributed by atoms with Gasteiger partial charge in [0.2, 0.25) is 11.8 Å². The molecule has 0 aromatic carbocycles. The number of aliphatic hydroxyl groups is 2. The fourth-order valence-electron chi connectivity index (χ4n) is 0.370. The van der Waals surface area contributed by atoms with Crippen LogP contribution in [0.3, 0.4) is 0 Å². The van der Waals surface area contributed by atoms with Crippen LogP contribution in [0.2, 0.25) is 0 Å². The van der Waals surface area contributed by atoms with Crippen molar-refractivity contribution in [2.75, 3.05) is 0 Å². The van der Waals surface area contributed by atoms with E-state index in [0.29, 0.717) is 0 Å². The van der Waals surface area contributed by atoms with Crippen molar-refractivity contribution in [3.8, 4) is 0 Å². The van der Waals surface area contributed by atoms with Crippen LogP contribution in [0.25, 0.3) is 0 Å². The predicted octanol–water partition coefficient (Wildman–Crippen LogP) is -0.829. The van der Waals surface area contributed by atoms with Crippen LogP contribution in [-0.2, 0) is 4.79 Å². The van der Waals surface area contributed by atoms with E-state index in [9.17, 15) is 4.79 Å². The summed E-state index contributed by atoms with van der Waals surface area (Å²) in [4.78, 5) is 10.2. The SMILES string of the molecule is CCC(O)(O)NC(C)=O. The summed E-state index contributed by atoms with van der Waals surface area (Å²) in [6.45, 7) is 2.77. The van der Waals surface area contributed by atoms with Gasteiger partial charge in [0.05, 0.1) is 0 Å². The molecule has 3 N–H and O–H groups in total. The lowest BCUT2D eigenvalue weighted by molar-refractivity contribution is -0.190. The third kappa shape index (κ3) is 3.93. The lowest BCUT2D eigenvalue weighted by atomic mass is 10.3. The molecule has 0 fully saturated rings. The van der Waals surface area contributed by atoms with E-state index < -0.39 is 11.8 Å². The Balaban J connectivity index is 3.71. The average molecular weight is 133 g/mol. The van der Waals surface area contributed by atoms with E-state index in [0.717, 1.165) is 0 Å². The zero-order chi connectivity index (χ0) is 7.49. The maximum Gasteiger partial charge on any atom is 0.246 e. The third-order valence-electron chi connectivity index (χ3n) is 0.869. The molecule has 0 saturated heterocycles. The van der Waals surface area contributed by atoms with Crippen LogP contribution < -0.4 is 5.32 Å². The minimum atomic E-state index is -2.04. The van der Waals surface area contributed by atoms with E-state index in [1.807, 2.05) is 5.32 Å². The van der Waals surface area contributed by atoms with E-state index in [1.54, 1.807) is 6.92 Å². The first-order chi connectivity index (χ1) is 3.98. The number of rotatable bonds is 2. The number of carbonyl (C=O) groups excluding carboxylic acids is 1. The molecule has 1 amide bonds. The van der Waals surface area contributed by atoms with Gasteiger partial charge in [0.15, 0.2) is 0 Å². The highest BCUT2D eigenvalue weighted by Crippen LogP contribution is 1.97. The number of amides is 1. The lowest BCUT2D eigenvalue weighted by Crippen LogP contribution is -2.46. The monoisotopic (exact) mass is 133 g/mol. The predicted molar refractivity (Wildman–Crippen MR) is 31.3 cm³/mol. The summed E-state index contributed by atoms with van der Waals surface area (Å²) in [7, 11) is 0. The minimum absolute atomic E-state index is 0.0760. The van der Waals surface area contributed by atoms with Crippen molar-refractivity contribution in [2.24, 2.45) is 0 Å². The van der Waals surface area contributed by atoms with Crippen LogP contribution in [0.1, 0.15) is 20.3 Å². The number of hydrogen-bond donors (Lipinski definition) is 3. The molecule has 0 aromatic rings. The first-order valence-electron chi connectivity index (χ1n) is 2.71. The molecule has 0 rings (SSSR count). The van der Waals surface area contributed by atoms with Crippen molar-refractivity contribution in [1.29, 1.82) is 0 Å². The van der Waals surface area contributed by atoms with E-state index in [4.69, 9.17) is 10.2 Å². The maximum atomic E-state index is 10.2. The Morgan fingerprint density at radius 3 is 2.22 bits per heavy atom. The van der Waals surface area contributed by atoms with Crippen molar-refractivity contribution >= 4 is 5.91 Å². The van der Waals surface area contributed by atoms with Gasteiger partial charge in [0, 0.05) is 13.3 Å². The molecule has 4 heteroatoms. The molecule has 0 aliphatic rings. The average Bonchev–Trinajstić information content (AvgIpc) is 1.63. The largest absolute Gasteiger partial charge is 0.349 e. The van der Waals surface area contributed by atoms with Gasteiger partial charge in [0.25, 0.3) is 0 Å². The van der Waals surface area contributed by atoms with E-state index in [2.05, 4.69) is 0 Å². The van der Waals surface area contributed by atoms with Crippen LogP contribution in [0, 0.1) is 0 Å². The summed E-state index contributed by atoms with van der Waals surface area (Å²) < 4.78 is 0. The van der Waals surface area contributed by atoms with E-state index in [1.165, 1.54) is 6.92 Å². The quantitative estimate of drug-likeness (QED) is 0.431. The summed E-state index contributed by atoms with van der Waals surface area (Å²) in [5.41, 5.74) is 0. The van der Waals surface area contributed by atoms with Gasteiger partial charge in [0.1, 0.15) is 0 Å². The first-order valence-corrected chi connectivity index (χ1v) is 2.71. The topological polar surface area (TPSA) is 69.6 Å². The molecule has 0 spiro atoms. The van der Waals surface area contributed by atoms with Crippen molar-refractivity contribution < 1.29 is 15.0 Å². The molecular formula is C5H11NO3. The smallest absolute Gasteiger partial charge is 0.246 e. The Morgan fingerprint density at radius 2 is 2.11 bits per heavy atom. The summed E-state index contributed by atoms with van der Waals surface area (Å²) in [6, 6.07) is 0. The van der Waals surface area contributed by atoms with Gasteiger partial charge < -0.3 is 15.5 Å². The Labute approximate surface area is 53.5 Å². The zero-order valence-electron chi connectivity index (χ0n) is 5.51. The van der Waals surface area contributed by atoms with Crippen LogP contribution in [0.5, 0.6) is 0 Å². The Bertz CT molecular complexity index is 111. The van der Waals surface area contributed by atoms with Gasteiger partial charge in [-0.1, -0.05) is 6.92 Å². The van der Waals surface area contributed by atoms with Crippen LogP contribution in [0.4, 0.5) is 0 Å².